The molecule has 3 aliphatic heterocycles. The smallest absolute Gasteiger partial charge is 0.219 e. The summed E-state index contributed by atoms with van der Waals surface area (Å²) in [6.45, 7) is 11.1. The largest absolute Gasteiger partial charge is 0.365 e. The van der Waals surface area contributed by atoms with Crippen molar-refractivity contribution in [3.63, 3.8) is 0 Å². The molecule has 2 saturated heterocycles. The van der Waals surface area contributed by atoms with Gasteiger partial charge in [0.25, 0.3) is 0 Å². The number of nitrogens with one attached hydrogen (secondary N) is 3. The maximum Gasteiger partial charge on any atom is 0.219 e. The van der Waals surface area contributed by atoms with Crippen LogP contribution in [0.3, 0.4) is 0 Å². The molecule has 1 amide bonds. The lowest BCUT2D eigenvalue weighted by atomic mass is 9.91. The Labute approximate surface area is 119 Å². The van der Waals surface area contributed by atoms with E-state index < -0.39 is 0 Å². The summed E-state index contributed by atoms with van der Waals surface area (Å²) in [5.41, 5.74) is -0.318. The lowest BCUT2D eigenvalue weighted by Gasteiger charge is -2.49. The molecule has 0 aromatic carbocycles. The minimum atomic E-state index is -0.318. The molecule has 3 rings (SSSR count). The Kier molecular flexibility index (Phi) is 2.70. The van der Waals surface area contributed by atoms with Gasteiger partial charge in [0.1, 0.15) is 0 Å². The monoisotopic (exact) mass is 275 g/mol. The number of likely N-dealkylation sites (N-methyl/N-ethyl adjacent to an activating group) is 1. The van der Waals surface area contributed by atoms with E-state index in [1.165, 1.54) is 0 Å². The van der Waals surface area contributed by atoms with Crippen molar-refractivity contribution in [1.82, 2.24) is 25.8 Å². The highest BCUT2D eigenvalue weighted by molar-refractivity contribution is 5.72. The molecule has 0 radical (unpaired) electrons. The van der Waals surface area contributed by atoms with Gasteiger partial charge in [0.05, 0.1) is 23.7 Å². The fraction of sp³-hybridized carbons (Fsp3) is 0.500. The maximum atomic E-state index is 11.5. The Balaban J connectivity index is 1.90. The van der Waals surface area contributed by atoms with Crippen LogP contribution >= 0.6 is 0 Å². The third-order valence-electron chi connectivity index (χ3n) is 4.35. The summed E-state index contributed by atoms with van der Waals surface area (Å²) in [6.07, 6.45) is 4.29. The van der Waals surface area contributed by atoms with Crippen LogP contribution in [0.5, 0.6) is 0 Å². The molecule has 6 heteroatoms. The normalized spacial score (nSPS) is 34.0. The van der Waals surface area contributed by atoms with Crippen molar-refractivity contribution in [2.45, 2.75) is 24.7 Å². The second-order valence-corrected chi connectivity index (χ2v) is 5.66. The highest BCUT2D eigenvalue weighted by Crippen LogP contribution is 2.36. The number of hydrogen-bond acceptors (Lipinski definition) is 5. The van der Waals surface area contributed by atoms with E-state index >= 15 is 0 Å². The molecule has 0 aliphatic carbocycles. The van der Waals surface area contributed by atoms with Gasteiger partial charge in [-0.1, -0.05) is 19.2 Å². The Bertz CT molecular complexity index is 514. The summed E-state index contributed by atoms with van der Waals surface area (Å²) in [5.74, 6) is 1.73. The van der Waals surface area contributed by atoms with Crippen molar-refractivity contribution < 1.29 is 4.79 Å². The van der Waals surface area contributed by atoms with E-state index in [0.29, 0.717) is 6.54 Å². The van der Waals surface area contributed by atoms with Crippen LogP contribution in [0.2, 0.25) is 0 Å². The third kappa shape index (κ3) is 1.67. The summed E-state index contributed by atoms with van der Waals surface area (Å²) in [5, 5.41) is 10.2. The number of nitrogens with zero attached hydrogens (tertiary/aromatic N) is 2. The number of amides is 1. The van der Waals surface area contributed by atoms with Crippen molar-refractivity contribution in [2.75, 3.05) is 20.1 Å². The lowest BCUT2D eigenvalue weighted by molar-refractivity contribution is -0.128. The molecule has 2 fully saturated rings. The standard InChI is InChI=1S/C14H21N5O/c1-9-15-13-12(8-18(4)11(3)20)16-10(2)19-7-5-6-14(13,19)17-9/h5-6,12-13,15-17H,1-2,7-8H2,3-4H3/t12?,13-,14+/m0/s1. The fourth-order valence-electron chi connectivity index (χ4n) is 3.30. The van der Waals surface area contributed by atoms with Crippen LogP contribution in [0.1, 0.15) is 6.92 Å². The molecule has 6 nitrogen and oxygen atoms in total. The molecule has 0 aromatic heterocycles. The second-order valence-electron chi connectivity index (χ2n) is 5.66. The van der Waals surface area contributed by atoms with Gasteiger partial charge in [-0.15, -0.1) is 0 Å². The fourth-order valence-corrected chi connectivity index (χ4v) is 3.30. The van der Waals surface area contributed by atoms with Crippen molar-refractivity contribution in [1.29, 1.82) is 0 Å². The Morgan fingerprint density at radius 3 is 3.00 bits per heavy atom. The summed E-state index contributed by atoms with van der Waals surface area (Å²) in [6, 6.07) is 0.170. The van der Waals surface area contributed by atoms with Crippen LogP contribution in [-0.4, -0.2) is 53.6 Å². The van der Waals surface area contributed by atoms with Crippen LogP contribution in [0.15, 0.2) is 37.0 Å². The molecule has 1 spiro atoms. The van der Waals surface area contributed by atoms with Crippen molar-refractivity contribution in [2.24, 2.45) is 0 Å². The molecular formula is C14H21N5O. The molecule has 0 saturated carbocycles. The van der Waals surface area contributed by atoms with E-state index in [9.17, 15) is 4.79 Å². The highest BCUT2D eigenvalue weighted by Gasteiger charge is 2.55. The SMILES string of the molecule is C=C1N[C@H]2C(CN(C)C(C)=O)NC(=C)N3CC=C[C@]23N1. The maximum absolute atomic E-state index is 11.5. The number of rotatable bonds is 2. The molecule has 1 unspecified atom stereocenters. The van der Waals surface area contributed by atoms with Crippen LogP contribution in [-0.2, 0) is 4.79 Å². The summed E-state index contributed by atoms with van der Waals surface area (Å²) >= 11 is 0. The van der Waals surface area contributed by atoms with E-state index in [0.717, 1.165) is 18.2 Å². The van der Waals surface area contributed by atoms with Crippen LogP contribution < -0.4 is 16.0 Å². The molecule has 108 valence electrons. The first kappa shape index (κ1) is 12.9. The molecule has 3 heterocycles. The van der Waals surface area contributed by atoms with Gasteiger partial charge in [0.15, 0.2) is 5.66 Å². The Morgan fingerprint density at radius 2 is 2.30 bits per heavy atom. The third-order valence-corrected chi connectivity index (χ3v) is 4.35. The highest BCUT2D eigenvalue weighted by atomic mass is 16.2. The lowest BCUT2D eigenvalue weighted by Crippen LogP contribution is -2.71. The average Bonchev–Trinajstić information content (AvgIpc) is 2.92. The molecule has 0 bridgehead atoms. The topological polar surface area (TPSA) is 59.6 Å². The Morgan fingerprint density at radius 1 is 1.55 bits per heavy atom. The van der Waals surface area contributed by atoms with Gasteiger partial charge in [-0.05, 0) is 6.08 Å². The first-order valence-electron chi connectivity index (χ1n) is 6.80. The van der Waals surface area contributed by atoms with E-state index in [4.69, 9.17) is 0 Å². The zero-order valence-electron chi connectivity index (χ0n) is 11.9. The first-order valence-corrected chi connectivity index (χ1v) is 6.80. The summed E-state index contributed by atoms with van der Waals surface area (Å²) < 4.78 is 0. The predicted octanol–water partition coefficient (Wildman–Crippen LogP) is -0.492. The van der Waals surface area contributed by atoms with Gasteiger partial charge >= 0.3 is 0 Å². The van der Waals surface area contributed by atoms with Gasteiger partial charge in [0.2, 0.25) is 5.91 Å². The van der Waals surface area contributed by atoms with Gasteiger partial charge in [0, 0.05) is 27.1 Å². The summed E-state index contributed by atoms with van der Waals surface area (Å²) in [7, 11) is 1.81. The van der Waals surface area contributed by atoms with Gasteiger partial charge in [-0.25, -0.2) is 0 Å². The van der Waals surface area contributed by atoms with Crippen LogP contribution in [0, 0.1) is 0 Å². The van der Waals surface area contributed by atoms with Gasteiger partial charge in [-0.3, -0.25) is 4.79 Å². The summed E-state index contributed by atoms with van der Waals surface area (Å²) in [4.78, 5) is 15.4. The zero-order valence-corrected chi connectivity index (χ0v) is 11.9. The molecule has 3 N–H and O–H groups in total. The van der Waals surface area contributed by atoms with E-state index in [1.807, 2.05) is 7.05 Å². The van der Waals surface area contributed by atoms with Gasteiger partial charge in [-0.2, -0.15) is 0 Å². The van der Waals surface area contributed by atoms with Crippen molar-refractivity contribution >= 4 is 5.91 Å². The van der Waals surface area contributed by atoms with Crippen molar-refractivity contribution in [3.8, 4) is 0 Å². The van der Waals surface area contributed by atoms with E-state index in [1.54, 1.807) is 11.8 Å². The Hall–Kier alpha value is -2.11. The predicted molar refractivity (Wildman–Crippen MR) is 77.2 cm³/mol. The molecular weight excluding hydrogens is 254 g/mol. The van der Waals surface area contributed by atoms with E-state index in [2.05, 4.69) is 46.2 Å². The van der Waals surface area contributed by atoms with Gasteiger partial charge < -0.3 is 25.8 Å². The molecule has 0 aromatic rings. The number of carbonyl (C=O) groups excluding carboxylic acids is 1. The number of hydrogen-bond donors (Lipinski definition) is 3. The first-order chi connectivity index (χ1) is 9.44. The molecule has 20 heavy (non-hydrogen) atoms. The quantitative estimate of drug-likeness (QED) is 0.594. The van der Waals surface area contributed by atoms with E-state index in [-0.39, 0.29) is 23.7 Å². The second kappa shape index (κ2) is 4.19. The minimum absolute atomic E-state index is 0.0561. The number of carbonyl (C=O) groups is 1. The van der Waals surface area contributed by atoms with Crippen LogP contribution in [0.4, 0.5) is 0 Å². The van der Waals surface area contributed by atoms with Crippen molar-refractivity contribution in [3.05, 3.63) is 37.0 Å². The minimum Gasteiger partial charge on any atom is -0.365 e. The average molecular weight is 275 g/mol. The zero-order chi connectivity index (χ0) is 14.5. The van der Waals surface area contributed by atoms with Crippen LogP contribution in [0.25, 0.3) is 0 Å². The molecule has 3 aliphatic rings. The molecule has 3 atom stereocenters.